The lowest BCUT2D eigenvalue weighted by atomic mass is 10.2. The maximum absolute atomic E-state index is 11.0. The average molecular weight is 279 g/mol. The first-order valence-corrected chi connectivity index (χ1v) is 6.56. The molecule has 1 N–H and O–H groups in total. The van der Waals surface area contributed by atoms with E-state index in [1.807, 2.05) is 36.4 Å². The van der Waals surface area contributed by atoms with Crippen molar-refractivity contribution in [2.45, 2.75) is 6.54 Å². The summed E-state index contributed by atoms with van der Waals surface area (Å²) in [6.45, 7) is 0.364. The van der Waals surface area contributed by atoms with Gasteiger partial charge in [0.1, 0.15) is 5.82 Å². The first kappa shape index (κ1) is 13.1. The van der Waals surface area contributed by atoms with Gasteiger partial charge in [0.2, 0.25) is 0 Å². The zero-order chi connectivity index (χ0) is 14.7. The lowest BCUT2D eigenvalue weighted by Crippen LogP contribution is -2.04. The van der Waals surface area contributed by atoms with Crippen molar-refractivity contribution in [3.05, 3.63) is 76.3 Å². The lowest BCUT2D eigenvalue weighted by Gasteiger charge is -2.07. The molecule has 1 aromatic heterocycles. The number of hydrogen-bond donors (Lipinski definition) is 1. The molecule has 21 heavy (non-hydrogen) atoms. The van der Waals surface area contributed by atoms with Crippen LogP contribution in [0.25, 0.3) is 10.9 Å². The molecule has 0 spiro atoms. The van der Waals surface area contributed by atoms with E-state index in [0.29, 0.717) is 17.9 Å². The van der Waals surface area contributed by atoms with Gasteiger partial charge in [-0.2, -0.15) is 0 Å². The van der Waals surface area contributed by atoms with E-state index < -0.39 is 0 Å². The van der Waals surface area contributed by atoms with Crippen LogP contribution in [0.5, 0.6) is 0 Å². The van der Waals surface area contributed by atoms with E-state index in [1.54, 1.807) is 18.2 Å². The highest BCUT2D eigenvalue weighted by atomic mass is 16.6. The van der Waals surface area contributed by atoms with Crippen LogP contribution in [0, 0.1) is 10.1 Å². The van der Waals surface area contributed by atoms with Crippen LogP contribution < -0.4 is 5.32 Å². The molecule has 2 aromatic carbocycles. The summed E-state index contributed by atoms with van der Waals surface area (Å²) in [5, 5.41) is 15.2. The minimum absolute atomic E-state index is 0.116. The first-order valence-electron chi connectivity index (χ1n) is 6.56. The molecule has 0 unspecified atom stereocenters. The van der Waals surface area contributed by atoms with E-state index in [4.69, 9.17) is 0 Å². The van der Waals surface area contributed by atoms with Crippen molar-refractivity contribution in [1.29, 1.82) is 0 Å². The van der Waals surface area contributed by atoms with Crippen LogP contribution in [0.3, 0.4) is 0 Å². The van der Waals surface area contributed by atoms with E-state index in [9.17, 15) is 10.1 Å². The van der Waals surface area contributed by atoms with E-state index in [2.05, 4.69) is 10.3 Å². The lowest BCUT2D eigenvalue weighted by molar-refractivity contribution is -0.385. The fourth-order valence-corrected chi connectivity index (χ4v) is 2.19. The van der Waals surface area contributed by atoms with E-state index >= 15 is 0 Å². The highest BCUT2D eigenvalue weighted by Gasteiger charge is 2.11. The number of fused-ring (bicyclic) bond motifs is 1. The molecule has 0 saturated carbocycles. The summed E-state index contributed by atoms with van der Waals surface area (Å²) in [5.41, 5.74) is 1.65. The standard InChI is InChI=1S/C16H13N3O2/c20-19(21)15-8-4-2-6-13(15)11-17-16-10-9-12-5-1-3-7-14(12)18-16/h1-10H,11H2,(H,17,18). The van der Waals surface area contributed by atoms with Gasteiger partial charge < -0.3 is 5.32 Å². The van der Waals surface area contributed by atoms with Crippen molar-refractivity contribution in [2.75, 3.05) is 5.32 Å². The van der Waals surface area contributed by atoms with Gasteiger partial charge in [0.25, 0.3) is 5.69 Å². The molecule has 0 radical (unpaired) electrons. The number of pyridine rings is 1. The Morgan fingerprint density at radius 2 is 1.76 bits per heavy atom. The molecule has 5 nitrogen and oxygen atoms in total. The average Bonchev–Trinajstić information content (AvgIpc) is 2.53. The van der Waals surface area contributed by atoms with Crippen LogP contribution in [0.15, 0.2) is 60.7 Å². The first-order chi connectivity index (χ1) is 10.2. The predicted octanol–water partition coefficient (Wildman–Crippen LogP) is 3.76. The van der Waals surface area contributed by atoms with E-state index in [-0.39, 0.29) is 10.6 Å². The fourth-order valence-electron chi connectivity index (χ4n) is 2.19. The highest BCUT2D eigenvalue weighted by molar-refractivity contribution is 5.80. The van der Waals surface area contributed by atoms with Gasteiger partial charge in [-0.25, -0.2) is 4.98 Å². The van der Waals surface area contributed by atoms with Crippen molar-refractivity contribution in [3.63, 3.8) is 0 Å². The van der Waals surface area contributed by atoms with Gasteiger partial charge in [0.15, 0.2) is 0 Å². The van der Waals surface area contributed by atoms with Crippen LogP contribution in [0.4, 0.5) is 11.5 Å². The molecule has 0 aliphatic heterocycles. The molecule has 3 rings (SSSR count). The molecule has 5 heteroatoms. The van der Waals surface area contributed by atoms with Crippen LogP contribution >= 0.6 is 0 Å². The number of nitro groups is 1. The van der Waals surface area contributed by atoms with Crippen molar-refractivity contribution < 1.29 is 4.92 Å². The Labute approximate surface area is 121 Å². The summed E-state index contributed by atoms with van der Waals surface area (Å²) in [6, 6.07) is 18.4. The van der Waals surface area contributed by atoms with Crippen molar-refractivity contribution >= 4 is 22.4 Å². The van der Waals surface area contributed by atoms with Crippen molar-refractivity contribution in [1.82, 2.24) is 4.98 Å². The minimum Gasteiger partial charge on any atom is -0.366 e. The number of benzene rings is 2. The smallest absolute Gasteiger partial charge is 0.274 e. The molecular weight excluding hydrogens is 266 g/mol. The molecule has 3 aromatic rings. The second-order valence-electron chi connectivity index (χ2n) is 4.63. The number of nitrogens with zero attached hydrogens (tertiary/aromatic N) is 2. The summed E-state index contributed by atoms with van der Waals surface area (Å²) >= 11 is 0. The fraction of sp³-hybridized carbons (Fsp3) is 0.0625. The number of hydrogen-bond acceptors (Lipinski definition) is 4. The maximum atomic E-state index is 11.0. The second-order valence-corrected chi connectivity index (χ2v) is 4.63. The SMILES string of the molecule is O=[N+]([O-])c1ccccc1CNc1ccc2ccccc2n1. The predicted molar refractivity (Wildman–Crippen MR) is 82.2 cm³/mol. The Bertz CT molecular complexity index is 802. The zero-order valence-corrected chi connectivity index (χ0v) is 11.2. The summed E-state index contributed by atoms with van der Waals surface area (Å²) < 4.78 is 0. The maximum Gasteiger partial charge on any atom is 0.274 e. The van der Waals surface area contributed by atoms with Gasteiger partial charge >= 0.3 is 0 Å². The minimum atomic E-state index is -0.370. The second kappa shape index (κ2) is 5.58. The summed E-state index contributed by atoms with van der Waals surface area (Å²) in [5.74, 6) is 0.701. The van der Waals surface area contributed by atoms with Gasteiger partial charge in [0.05, 0.1) is 10.4 Å². The topological polar surface area (TPSA) is 68.1 Å². The third-order valence-corrected chi connectivity index (χ3v) is 3.25. The number of nitrogens with one attached hydrogen (secondary N) is 1. The third kappa shape index (κ3) is 2.81. The molecular formula is C16H13N3O2. The molecule has 0 atom stereocenters. The van der Waals surface area contributed by atoms with E-state index in [0.717, 1.165) is 10.9 Å². The van der Waals surface area contributed by atoms with Gasteiger partial charge in [-0.05, 0) is 18.2 Å². The molecule has 0 bridgehead atoms. The third-order valence-electron chi connectivity index (χ3n) is 3.25. The Balaban J connectivity index is 1.82. The van der Waals surface area contributed by atoms with Crippen LogP contribution in [-0.2, 0) is 6.54 Å². The summed E-state index contributed by atoms with van der Waals surface area (Å²) in [4.78, 5) is 15.1. The molecule has 104 valence electrons. The number of aromatic nitrogens is 1. The van der Waals surface area contributed by atoms with Gasteiger partial charge in [-0.3, -0.25) is 10.1 Å². The molecule has 1 heterocycles. The van der Waals surface area contributed by atoms with Crippen LogP contribution in [0.1, 0.15) is 5.56 Å². The van der Waals surface area contributed by atoms with Gasteiger partial charge in [-0.15, -0.1) is 0 Å². The Morgan fingerprint density at radius 1 is 1.00 bits per heavy atom. The monoisotopic (exact) mass is 279 g/mol. The normalized spacial score (nSPS) is 10.5. The Morgan fingerprint density at radius 3 is 2.62 bits per heavy atom. The van der Waals surface area contributed by atoms with Crippen molar-refractivity contribution in [3.8, 4) is 0 Å². The zero-order valence-electron chi connectivity index (χ0n) is 11.2. The van der Waals surface area contributed by atoms with E-state index in [1.165, 1.54) is 6.07 Å². The number of anilines is 1. The highest BCUT2D eigenvalue weighted by Crippen LogP contribution is 2.20. The van der Waals surface area contributed by atoms with Gasteiger partial charge in [-0.1, -0.05) is 36.4 Å². The molecule has 0 fully saturated rings. The van der Waals surface area contributed by atoms with Crippen LogP contribution in [0.2, 0.25) is 0 Å². The Kier molecular flexibility index (Phi) is 3.47. The van der Waals surface area contributed by atoms with Crippen molar-refractivity contribution in [2.24, 2.45) is 0 Å². The molecule has 0 amide bonds. The molecule has 0 aliphatic rings. The van der Waals surface area contributed by atoms with Gasteiger partial charge in [0, 0.05) is 23.6 Å². The molecule has 0 saturated heterocycles. The number of rotatable bonds is 4. The summed E-state index contributed by atoms with van der Waals surface area (Å²) in [6.07, 6.45) is 0. The summed E-state index contributed by atoms with van der Waals surface area (Å²) in [7, 11) is 0. The Hall–Kier alpha value is -2.95. The quantitative estimate of drug-likeness (QED) is 0.583. The number of para-hydroxylation sites is 2. The molecule has 0 aliphatic carbocycles. The largest absolute Gasteiger partial charge is 0.366 e. The van der Waals surface area contributed by atoms with Crippen LogP contribution in [-0.4, -0.2) is 9.91 Å². The number of nitro benzene ring substituents is 1.